The minimum Gasteiger partial charge on any atom is -0.361 e. The fraction of sp³-hybridized carbons (Fsp3) is 0.368. The van der Waals surface area contributed by atoms with Crippen LogP contribution in [0.5, 0.6) is 0 Å². The van der Waals surface area contributed by atoms with Gasteiger partial charge in [0.2, 0.25) is 10.0 Å². The molecule has 32 heavy (non-hydrogen) atoms. The second-order valence-corrected chi connectivity index (χ2v) is 11.6. The largest absolute Gasteiger partial charge is 0.501 e. The molecule has 0 saturated heterocycles. The highest BCUT2D eigenvalue weighted by atomic mass is 32.2. The van der Waals surface area contributed by atoms with Gasteiger partial charge in [0.05, 0.1) is 16.5 Å². The molecule has 0 bridgehead atoms. The number of alkyl halides is 3. The maximum atomic E-state index is 13.4. The molecule has 2 aromatic rings. The van der Waals surface area contributed by atoms with E-state index < -0.39 is 35.2 Å². The summed E-state index contributed by atoms with van der Waals surface area (Å²) in [6.07, 6.45) is 0.533. The molecule has 0 radical (unpaired) electrons. The zero-order chi connectivity index (χ0) is 24.2. The monoisotopic (exact) mass is 511 g/mol. The summed E-state index contributed by atoms with van der Waals surface area (Å²) in [4.78, 5) is 2.36. The molecule has 0 amide bonds. The van der Waals surface area contributed by atoms with Gasteiger partial charge >= 0.3 is 5.51 Å². The van der Waals surface area contributed by atoms with Crippen molar-refractivity contribution in [3.63, 3.8) is 0 Å². The second-order valence-electron chi connectivity index (χ2n) is 7.13. The Bertz CT molecular complexity index is 1120. The molecule has 178 valence electrons. The van der Waals surface area contributed by atoms with Gasteiger partial charge in [0, 0.05) is 11.4 Å². The summed E-state index contributed by atoms with van der Waals surface area (Å²) in [5.41, 5.74) is -5.85. The van der Waals surface area contributed by atoms with Gasteiger partial charge in [-0.05, 0) is 57.4 Å². The van der Waals surface area contributed by atoms with E-state index >= 15 is 0 Å². The molecule has 0 fully saturated rings. The molecular weight excluding hydrogens is 487 g/mol. The number of nitrogens with two attached hydrogens (primary N) is 1. The number of rotatable bonds is 10. The molecule has 0 aromatic heterocycles. The minimum absolute atomic E-state index is 0.145. The van der Waals surface area contributed by atoms with Crippen LogP contribution in [0.15, 0.2) is 63.2 Å². The van der Waals surface area contributed by atoms with Crippen LogP contribution in [0.4, 0.5) is 18.9 Å². The van der Waals surface area contributed by atoms with Crippen LogP contribution in [-0.4, -0.2) is 60.3 Å². The lowest BCUT2D eigenvalue weighted by Gasteiger charge is -2.28. The average molecular weight is 512 g/mol. The number of halogens is 3. The number of thioether (sulfide) groups is 1. The smallest absolute Gasteiger partial charge is 0.361 e. The quantitative estimate of drug-likeness (QED) is 0.386. The first-order valence-corrected chi connectivity index (χ1v) is 13.3. The molecule has 0 heterocycles. The summed E-state index contributed by atoms with van der Waals surface area (Å²) in [5, 5.41) is 5.03. The van der Waals surface area contributed by atoms with Crippen LogP contribution in [0.2, 0.25) is 0 Å². The third-order valence-electron chi connectivity index (χ3n) is 4.36. The Labute approximate surface area is 190 Å². The summed E-state index contributed by atoms with van der Waals surface area (Å²) in [6.45, 7) is 0.857. The van der Waals surface area contributed by atoms with Gasteiger partial charge in [-0.3, -0.25) is 0 Å². The highest BCUT2D eigenvalue weighted by molar-refractivity contribution is 7.99. The summed E-state index contributed by atoms with van der Waals surface area (Å²) >= 11 is 1.31. The summed E-state index contributed by atoms with van der Waals surface area (Å²) in [5.74, 6) is 0.145. The highest BCUT2D eigenvalue weighted by Crippen LogP contribution is 2.38. The number of benzene rings is 2. The first-order valence-electron chi connectivity index (χ1n) is 9.29. The lowest BCUT2D eigenvalue weighted by molar-refractivity contribution is -0.0435. The van der Waals surface area contributed by atoms with E-state index in [1.54, 1.807) is 12.1 Å². The fourth-order valence-electron chi connectivity index (χ4n) is 2.77. The Kier molecular flexibility index (Phi) is 8.62. The van der Waals surface area contributed by atoms with Crippen molar-refractivity contribution in [3.8, 4) is 0 Å². The number of sulfonamides is 1. The van der Waals surface area contributed by atoms with Gasteiger partial charge in [-0.2, -0.15) is 13.2 Å². The predicted molar refractivity (Wildman–Crippen MR) is 119 cm³/mol. The predicted octanol–water partition coefficient (Wildman–Crippen LogP) is 3.14. The number of primary sulfonamides is 1. The van der Waals surface area contributed by atoms with Gasteiger partial charge in [-0.1, -0.05) is 18.2 Å². The van der Waals surface area contributed by atoms with E-state index in [0.29, 0.717) is 19.0 Å². The van der Waals surface area contributed by atoms with E-state index in [0.717, 1.165) is 17.0 Å². The van der Waals surface area contributed by atoms with Crippen molar-refractivity contribution in [1.29, 1.82) is 0 Å². The molecule has 0 spiro atoms. The highest BCUT2D eigenvalue weighted by Gasteiger charge is 2.48. The molecule has 0 aliphatic rings. The zero-order valence-electron chi connectivity index (χ0n) is 17.4. The van der Waals surface area contributed by atoms with Gasteiger partial charge in [-0.25, -0.2) is 22.0 Å². The third-order valence-corrected chi connectivity index (χ3v) is 7.83. The fourth-order valence-corrected chi connectivity index (χ4v) is 5.32. The van der Waals surface area contributed by atoms with Gasteiger partial charge in [-0.15, -0.1) is 11.8 Å². The van der Waals surface area contributed by atoms with Crippen LogP contribution >= 0.6 is 11.8 Å². The van der Waals surface area contributed by atoms with Crippen LogP contribution in [0.25, 0.3) is 0 Å². The Morgan fingerprint density at radius 2 is 1.59 bits per heavy atom. The van der Waals surface area contributed by atoms with E-state index in [1.165, 1.54) is 16.7 Å². The van der Waals surface area contributed by atoms with E-state index in [2.05, 4.69) is 0 Å². The molecule has 13 heteroatoms. The Hall–Kier alpha value is -1.80. The Morgan fingerprint density at radius 1 is 0.969 bits per heavy atom. The van der Waals surface area contributed by atoms with E-state index in [-0.39, 0.29) is 18.1 Å². The molecule has 0 aliphatic heterocycles. The van der Waals surface area contributed by atoms with Gasteiger partial charge in [0.1, 0.15) is 4.90 Å². The van der Waals surface area contributed by atoms with Crippen molar-refractivity contribution in [2.45, 2.75) is 26.6 Å². The molecule has 2 N–H and O–H groups in total. The van der Waals surface area contributed by atoms with Crippen LogP contribution in [0.1, 0.15) is 6.42 Å². The average Bonchev–Trinajstić information content (AvgIpc) is 2.69. The van der Waals surface area contributed by atoms with E-state index in [1.807, 2.05) is 37.2 Å². The molecular formula is C19H24F3N3O4S3. The second kappa shape index (κ2) is 10.4. The van der Waals surface area contributed by atoms with Gasteiger partial charge in [0.15, 0.2) is 0 Å². The molecule has 0 atom stereocenters. The SMILES string of the molecule is CN(C)CCCN(CSc1ccccc1)c1ccc(S(N)(=O)=O)cc1S(=O)(=O)C(F)(F)F. The van der Waals surface area contributed by atoms with Crippen LogP contribution in [0.3, 0.4) is 0 Å². The van der Waals surface area contributed by atoms with Crippen molar-refractivity contribution >= 4 is 37.3 Å². The molecule has 7 nitrogen and oxygen atoms in total. The number of hydrogen-bond donors (Lipinski definition) is 1. The van der Waals surface area contributed by atoms with Gasteiger partial charge < -0.3 is 9.80 Å². The first kappa shape index (κ1) is 26.5. The van der Waals surface area contributed by atoms with Crippen LogP contribution < -0.4 is 10.0 Å². The van der Waals surface area contributed by atoms with Gasteiger partial charge in [0.25, 0.3) is 9.84 Å². The number of sulfone groups is 1. The Balaban J connectivity index is 2.56. The summed E-state index contributed by atoms with van der Waals surface area (Å²) < 4.78 is 88.2. The maximum Gasteiger partial charge on any atom is 0.501 e. The lowest BCUT2D eigenvalue weighted by Crippen LogP contribution is -2.31. The topological polar surface area (TPSA) is 101 Å². The number of hydrogen-bond acceptors (Lipinski definition) is 7. The first-order chi connectivity index (χ1) is 14.7. The van der Waals surface area contributed by atoms with Crippen molar-refractivity contribution in [1.82, 2.24) is 4.90 Å². The van der Waals surface area contributed by atoms with Crippen LogP contribution in [0, 0.1) is 0 Å². The van der Waals surface area contributed by atoms with Crippen molar-refractivity contribution in [3.05, 3.63) is 48.5 Å². The van der Waals surface area contributed by atoms with E-state index in [4.69, 9.17) is 5.14 Å². The van der Waals surface area contributed by atoms with Crippen molar-refractivity contribution in [2.75, 3.05) is 38.0 Å². The number of nitrogens with zero attached hydrogens (tertiary/aromatic N) is 2. The standard InChI is InChI=1S/C19H24F3N3O4S3/c1-24(2)11-6-12-25(14-30-15-7-4-3-5-8-15)17-10-9-16(32(23,28)29)13-18(17)31(26,27)19(20,21)22/h3-5,7-10,13H,6,11-12,14H2,1-2H3,(H2,23,28,29). The van der Waals surface area contributed by atoms with Crippen molar-refractivity contribution < 1.29 is 30.0 Å². The molecule has 0 saturated carbocycles. The van der Waals surface area contributed by atoms with E-state index in [9.17, 15) is 30.0 Å². The normalized spacial score (nSPS) is 12.8. The molecule has 2 rings (SSSR count). The van der Waals surface area contributed by atoms with Crippen molar-refractivity contribution in [2.24, 2.45) is 5.14 Å². The number of anilines is 1. The lowest BCUT2D eigenvalue weighted by atomic mass is 10.2. The summed E-state index contributed by atoms with van der Waals surface area (Å²) in [7, 11) is -6.59. The Morgan fingerprint density at radius 3 is 2.12 bits per heavy atom. The summed E-state index contributed by atoms with van der Waals surface area (Å²) in [6, 6.07) is 11.6. The van der Waals surface area contributed by atoms with Crippen LogP contribution in [-0.2, 0) is 19.9 Å². The molecule has 2 aromatic carbocycles. The third kappa shape index (κ3) is 6.85. The molecule has 0 aliphatic carbocycles. The zero-order valence-corrected chi connectivity index (χ0v) is 19.9. The maximum absolute atomic E-state index is 13.4. The molecule has 0 unspecified atom stereocenters. The minimum atomic E-state index is -5.84.